The number of hydrogen-bond donors (Lipinski definition) is 3. The van der Waals surface area contributed by atoms with Crippen LogP contribution >= 0.6 is 0 Å². The van der Waals surface area contributed by atoms with E-state index in [0.29, 0.717) is 66.5 Å². The van der Waals surface area contributed by atoms with Crippen molar-refractivity contribution in [1.82, 2.24) is 15.5 Å². The van der Waals surface area contributed by atoms with E-state index in [1.807, 2.05) is 23.1 Å². The van der Waals surface area contributed by atoms with Crippen molar-refractivity contribution < 1.29 is 36.6 Å². The van der Waals surface area contributed by atoms with Crippen LogP contribution in [0.5, 0.6) is 11.5 Å². The van der Waals surface area contributed by atoms with Gasteiger partial charge < -0.3 is 25.4 Å². The highest BCUT2D eigenvalue weighted by Gasteiger charge is 2.34. The maximum Gasteiger partial charge on any atom is 0.419 e. The van der Waals surface area contributed by atoms with Gasteiger partial charge in [0.25, 0.3) is 11.8 Å². The second-order valence-corrected chi connectivity index (χ2v) is 9.88. The molecule has 0 aromatic heterocycles. The molecule has 3 aromatic carbocycles. The highest BCUT2D eigenvalue weighted by atomic mass is 19.4. The standard InChI is InChI=1S/C31H32F4N4O4/c1-36-26-12-13-39(18-23(26)30(41)38-22-9-10-25(32)24(15-22)31(33,34)35)17-19-4-7-21(8-5-19)29(40)37-16-20-6-11-27(42-2)28(14-20)43-3/h4-11,14-15,36H,12-13,16-18H2,1-3H3,(H,37,40)(H,38,41). The zero-order chi connectivity index (χ0) is 31.1. The van der Waals surface area contributed by atoms with Crippen molar-refractivity contribution in [2.24, 2.45) is 0 Å². The summed E-state index contributed by atoms with van der Waals surface area (Å²) < 4.78 is 63.5. The van der Waals surface area contributed by atoms with Gasteiger partial charge in [-0.3, -0.25) is 14.5 Å². The Balaban J connectivity index is 1.36. The number of halogens is 4. The van der Waals surface area contributed by atoms with Crippen molar-refractivity contribution in [1.29, 1.82) is 0 Å². The van der Waals surface area contributed by atoms with Gasteiger partial charge in [0, 0.05) is 56.6 Å². The van der Waals surface area contributed by atoms with Gasteiger partial charge in [-0.25, -0.2) is 4.39 Å². The second-order valence-electron chi connectivity index (χ2n) is 9.88. The van der Waals surface area contributed by atoms with Gasteiger partial charge in [0.2, 0.25) is 0 Å². The van der Waals surface area contributed by atoms with E-state index >= 15 is 0 Å². The Morgan fingerprint density at radius 1 is 0.907 bits per heavy atom. The van der Waals surface area contributed by atoms with Crippen LogP contribution in [0.15, 0.2) is 71.9 Å². The predicted octanol–water partition coefficient (Wildman–Crippen LogP) is 5.11. The summed E-state index contributed by atoms with van der Waals surface area (Å²) in [5.74, 6) is -1.06. The first-order chi connectivity index (χ1) is 20.5. The largest absolute Gasteiger partial charge is 0.493 e. The Morgan fingerprint density at radius 2 is 1.60 bits per heavy atom. The molecule has 1 heterocycles. The first-order valence-corrected chi connectivity index (χ1v) is 13.4. The van der Waals surface area contributed by atoms with Gasteiger partial charge in [-0.05, 0) is 53.6 Å². The number of methoxy groups -OCH3 is 2. The molecule has 1 aliphatic heterocycles. The molecular formula is C31H32F4N4O4. The summed E-state index contributed by atoms with van der Waals surface area (Å²) >= 11 is 0. The molecule has 228 valence electrons. The number of nitrogens with zero attached hydrogens (tertiary/aromatic N) is 1. The third kappa shape index (κ3) is 7.83. The highest BCUT2D eigenvalue weighted by Crippen LogP contribution is 2.33. The number of carbonyl (C=O) groups is 2. The van der Waals surface area contributed by atoms with Crippen LogP contribution < -0.4 is 25.4 Å². The number of anilines is 1. The number of hydrogen-bond acceptors (Lipinski definition) is 6. The van der Waals surface area contributed by atoms with Crippen LogP contribution in [0.4, 0.5) is 23.2 Å². The van der Waals surface area contributed by atoms with E-state index in [-0.39, 0.29) is 18.1 Å². The van der Waals surface area contributed by atoms with Crippen LogP contribution in [0.25, 0.3) is 0 Å². The zero-order valence-corrected chi connectivity index (χ0v) is 23.9. The smallest absolute Gasteiger partial charge is 0.419 e. The molecule has 4 rings (SSSR count). The minimum atomic E-state index is -4.89. The fraction of sp³-hybridized carbons (Fsp3) is 0.290. The van der Waals surface area contributed by atoms with Gasteiger partial charge in [0.05, 0.1) is 25.4 Å². The number of amides is 2. The van der Waals surface area contributed by atoms with E-state index < -0.39 is 23.5 Å². The minimum Gasteiger partial charge on any atom is -0.493 e. The summed E-state index contributed by atoms with van der Waals surface area (Å²) in [5.41, 5.74) is 1.69. The lowest BCUT2D eigenvalue weighted by atomic mass is 10.0. The lowest BCUT2D eigenvalue weighted by Gasteiger charge is -2.30. The van der Waals surface area contributed by atoms with Gasteiger partial charge in [0.15, 0.2) is 11.5 Å². The van der Waals surface area contributed by atoms with E-state index in [1.165, 1.54) is 0 Å². The number of nitrogens with one attached hydrogen (secondary N) is 3. The van der Waals surface area contributed by atoms with Crippen LogP contribution in [0.2, 0.25) is 0 Å². The molecule has 0 aliphatic carbocycles. The average molecular weight is 601 g/mol. The Morgan fingerprint density at radius 3 is 2.26 bits per heavy atom. The molecule has 0 radical (unpaired) electrons. The van der Waals surface area contributed by atoms with Crippen LogP contribution in [0.1, 0.15) is 33.5 Å². The summed E-state index contributed by atoms with van der Waals surface area (Å²) in [4.78, 5) is 27.8. The Kier molecular flexibility index (Phi) is 9.92. The third-order valence-corrected chi connectivity index (χ3v) is 7.05. The Labute approximate surface area is 246 Å². The summed E-state index contributed by atoms with van der Waals surface area (Å²) in [6.45, 7) is 1.66. The topological polar surface area (TPSA) is 91.9 Å². The number of ether oxygens (including phenoxy) is 2. The normalized spacial score (nSPS) is 13.8. The van der Waals surface area contributed by atoms with E-state index in [1.54, 1.807) is 45.5 Å². The first kappa shape index (κ1) is 31.4. The van der Waals surface area contributed by atoms with Crippen molar-refractivity contribution in [3.8, 4) is 11.5 Å². The fourth-order valence-corrected chi connectivity index (χ4v) is 4.76. The molecule has 0 saturated heterocycles. The molecule has 0 bridgehead atoms. The summed E-state index contributed by atoms with van der Waals surface area (Å²) in [6.07, 6.45) is -4.37. The van der Waals surface area contributed by atoms with Crippen molar-refractivity contribution in [2.45, 2.75) is 25.7 Å². The summed E-state index contributed by atoms with van der Waals surface area (Å²) in [7, 11) is 4.77. The van der Waals surface area contributed by atoms with Crippen LogP contribution in [0.3, 0.4) is 0 Å². The Bertz CT molecular complexity index is 1510. The van der Waals surface area contributed by atoms with Gasteiger partial charge in [-0.1, -0.05) is 18.2 Å². The van der Waals surface area contributed by atoms with Gasteiger partial charge in [0.1, 0.15) is 5.82 Å². The van der Waals surface area contributed by atoms with Gasteiger partial charge >= 0.3 is 6.18 Å². The van der Waals surface area contributed by atoms with E-state index in [0.717, 1.165) is 17.2 Å². The van der Waals surface area contributed by atoms with Crippen LogP contribution in [0, 0.1) is 5.82 Å². The van der Waals surface area contributed by atoms with E-state index in [2.05, 4.69) is 16.0 Å². The van der Waals surface area contributed by atoms with E-state index in [4.69, 9.17) is 9.47 Å². The molecule has 0 unspecified atom stereocenters. The summed E-state index contributed by atoms with van der Waals surface area (Å²) in [6, 6.07) is 14.9. The molecule has 12 heteroatoms. The second kappa shape index (κ2) is 13.6. The molecule has 0 saturated carbocycles. The summed E-state index contributed by atoms with van der Waals surface area (Å²) in [5, 5.41) is 8.35. The molecule has 1 aliphatic rings. The number of alkyl halides is 3. The molecule has 3 aromatic rings. The first-order valence-electron chi connectivity index (χ1n) is 13.4. The Hall–Kier alpha value is -4.58. The molecule has 43 heavy (non-hydrogen) atoms. The monoisotopic (exact) mass is 600 g/mol. The number of rotatable bonds is 10. The van der Waals surface area contributed by atoms with Crippen molar-refractivity contribution in [2.75, 3.05) is 39.7 Å². The van der Waals surface area contributed by atoms with E-state index in [9.17, 15) is 27.2 Å². The fourth-order valence-electron chi connectivity index (χ4n) is 4.76. The van der Waals surface area contributed by atoms with Crippen LogP contribution in [-0.2, 0) is 24.1 Å². The quantitative estimate of drug-likeness (QED) is 0.280. The molecule has 3 N–H and O–H groups in total. The zero-order valence-electron chi connectivity index (χ0n) is 23.9. The molecule has 0 fully saturated rings. The van der Waals surface area contributed by atoms with Crippen molar-refractivity contribution in [3.05, 3.63) is 100 Å². The maximum atomic E-state index is 13.7. The van der Waals surface area contributed by atoms with Crippen molar-refractivity contribution >= 4 is 17.5 Å². The third-order valence-electron chi connectivity index (χ3n) is 7.05. The number of carbonyl (C=O) groups excluding carboxylic acids is 2. The SMILES string of the molecule is CNC1=C(C(=O)Nc2ccc(F)c(C(F)(F)F)c2)CN(Cc2ccc(C(=O)NCc3ccc(OC)c(OC)c3)cc2)CC1. The van der Waals surface area contributed by atoms with Gasteiger partial charge in [-0.15, -0.1) is 0 Å². The molecule has 8 nitrogen and oxygen atoms in total. The molecular weight excluding hydrogens is 568 g/mol. The molecule has 2 amide bonds. The average Bonchev–Trinajstić information content (AvgIpc) is 3.00. The number of benzene rings is 3. The minimum absolute atomic E-state index is 0.154. The lowest BCUT2D eigenvalue weighted by Crippen LogP contribution is -2.38. The molecule has 0 spiro atoms. The highest BCUT2D eigenvalue weighted by molar-refractivity contribution is 6.04. The predicted molar refractivity (Wildman–Crippen MR) is 153 cm³/mol. The van der Waals surface area contributed by atoms with Crippen LogP contribution in [-0.4, -0.2) is 51.1 Å². The lowest BCUT2D eigenvalue weighted by molar-refractivity contribution is -0.140. The molecule has 0 atom stereocenters. The maximum absolute atomic E-state index is 13.7. The van der Waals surface area contributed by atoms with Gasteiger partial charge in [-0.2, -0.15) is 13.2 Å². The van der Waals surface area contributed by atoms with Crippen molar-refractivity contribution in [3.63, 3.8) is 0 Å².